The Bertz CT molecular complexity index is 264. The van der Waals surface area contributed by atoms with E-state index in [0.717, 1.165) is 18.8 Å². The van der Waals surface area contributed by atoms with Crippen LogP contribution in [0.15, 0.2) is 18.3 Å². The SMILES string of the molecule is CSCCCCCNc1ccc(F)cn1. The number of anilines is 1. The fraction of sp³-hybridized carbons (Fsp3) is 0.545. The average Bonchev–Trinajstić information content (AvgIpc) is 2.26. The van der Waals surface area contributed by atoms with Gasteiger partial charge in [0.25, 0.3) is 0 Å². The summed E-state index contributed by atoms with van der Waals surface area (Å²) in [4.78, 5) is 3.92. The number of halogens is 1. The van der Waals surface area contributed by atoms with Gasteiger partial charge >= 0.3 is 0 Å². The lowest BCUT2D eigenvalue weighted by molar-refractivity contribution is 0.621. The number of thioether (sulfide) groups is 1. The molecule has 0 unspecified atom stereocenters. The predicted molar refractivity (Wildman–Crippen MR) is 64.9 cm³/mol. The Kier molecular flexibility index (Phi) is 6.16. The molecule has 0 atom stereocenters. The average molecular weight is 228 g/mol. The van der Waals surface area contributed by atoms with Crippen molar-refractivity contribution in [2.24, 2.45) is 0 Å². The van der Waals surface area contributed by atoms with Crippen LogP contribution in [0.1, 0.15) is 19.3 Å². The molecule has 1 heterocycles. The standard InChI is InChI=1S/C11H17FN2S/c1-15-8-4-2-3-7-13-11-6-5-10(12)9-14-11/h5-6,9H,2-4,7-8H2,1H3,(H,13,14). The lowest BCUT2D eigenvalue weighted by Gasteiger charge is -2.04. The van der Waals surface area contributed by atoms with Crippen LogP contribution in [-0.2, 0) is 0 Å². The molecule has 1 aromatic heterocycles. The zero-order valence-electron chi connectivity index (χ0n) is 9.00. The molecule has 0 aromatic carbocycles. The molecule has 0 amide bonds. The van der Waals surface area contributed by atoms with Crippen LogP contribution in [0.25, 0.3) is 0 Å². The zero-order chi connectivity index (χ0) is 10.9. The number of rotatable bonds is 7. The van der Waals surface area contributed by atoms with E-state index in [4.69, 9.17) is 0 Å². The van der Waals surface area contributed by atoms with Crippen molar-refractivity contribution in [2.75, 3.05) is 23.9 Å². The second-order valence-corrected chi connectivity index (χ2v) is 4.33. The zero-order valence-corrected chi connectivity index (χ0v) is 9.82. The molecule has 1 aromatic rings. The van der Waals surface area contributed by atoms with Gasteiger partial charge in [-0.2, -0.15) is 11.8 Å². The van der Waals surface area contributed by atoms with Gasteiger partial charge in [-0.15, -0.1) is 0 Å². The van der Waals surface area contributed by atoms with Gasteiger partial charge in [-0.25, -0.2) is 9.37 Å². The summed E-state index contributed by atoms with van der Waals surface area (Å²) in [6.07, 6.45) is 6.99. The van der Waals surface area contributed by atoms with Gasteiger partial charge in [0.05, 0.1) is 6.20 Å². The van der Waals surface area contributed by atoms with Crippen LogP contribution in [0, 0.1) is 5.82 Å². The Morgan fingerprint density at radius 3 is 2.87 bits per heavy atom. The summed E-state index contributed by atoms with van der Waals surface area (Å²) in [5.74, 6) is 1.69. The van der Waals surface area contributed by atoms with Gasteiger partial charge in [-0.05, 0) is 37.0 Å². The summed E-state index contributed by atoms with van der Waals surface area (Å²) < 4.78 is 12.5. The first-order valence-corrected chi connectivity index (χ1v) is 6.56. The highest BCUT2D eigenvalue weighted by Gasteiger charge is 1.94. The fourth-order valence-corrected chi connectivity index (χ4v) is 1.74. The molecule has 0 saturated heterocycles. The molecule has 4 heteroatoms. The van der Waals surface area contributed by atoms with Gasteiger partial charge in [-0.1, -0.05) is 6.42 Å². The van der Waals surface area contributed by atoms with Crippen molar-refractivity contribution in [1.82, 2.24) is 4.98 Å². The third-order valence-electron chi connectivity index (χ3n) is 2.06. The van der Waals surface area contributed by atoms with Crippen molar-refractivity contribution in [3.05, 3.63) is 24.1 Å². The summed E-state index contributed by atoms with van der Waals surface area (Å²) in [5.41, 5.74) is 0. The van der Waals surface area contributed by atoms with Crippen molar-refractivity contribution in [3.63, 3.8) is 0 Å². The number of aromatic nitrogens is 1. The van der Waals surface area contributed by atoms with Crippen LogP contribution in [-0.4, -0.2) is 23.5 Å². The van der Waals surface area contributed by atoms with E-state index < -0.39 is 0 Å². The normalized spacial score (nSPS) is 10.3. The highest BCUT2D eigenvalue weighted by Crippen LogP contribution is 2.05. The van der Waals surface area contributed by atoms with Crippen LogP contribution >= 0.6 is 11.8 Å². The molecule has 84 valence electrons. The van der Waals surface area contributed by atoms with Crippen LogP contribution in [0.3, 0.4) is 0 Å². The number of pyridine rings is 1. The molecular formula is C11H17FN2S. The molecule has 0 radical (unpaired) electrons. The van der Waals surface area contributed by atoms with Crippen molar-refractivity contribution in [2.45, 2.75) is 19.3 Å². The molecule has 1 N–H and O–H groups in total. The quantitative estimate of drug-likeness (QED) is 0.726. The summed E-state index contributed by atoms with van der Waals surface area (Å²) in [7, 11) is 0. The van der Waals surface area contributed by atoms with Crippen LogP contribution in [0.5, 0.6) is 0 Å². The summed E-state index contributed by atoms with van der Waals surface area (Å²) in [6, 6.07) is 3.08. The molecule has 0 aliphatic rings. The summed E-state index contributed by atoms with van der Waals surface area (Å²) >= 11 is 1.88. The Balaban J connectivity index is 2.07. The first-order chi connectivity index (χ1) is 7.33. The van der Waals surface area contributed by atoms with Gasteiger partial charge in [0.2, 0.25) is 0 Å². The van der Waals surface area contributed by atoms with E-state index in [9.17, 15) is 4.39 Å². The third kappa shape index (κ3) is 5.62. The molecule has 0 saturated carbocycles. The fourth-order valence-electron chi connectivity index (χ4n) is 1.25. The smallest absolute Gasteiger partial charge is 0.141 e. The molecule has 2 nitrogen and oxygen atoms in total. The van der Waals surface area contributed by atoms with Gasteiger partial charge in [0, 0.05) is 6.54 Å². The number of nitrogens with zero attached hydrogens (tertiary/aromatic N) is 1. The van der Waals surface area contributed by atoms with E-state index in [1.807, 2.05) is 11.8 Å². The molecule has 0 spiro atoms. The Morgan fingerprint density at radius 2 is 2.20 bits per heavy atom. The summed E-state index contributed by atoms with van der Waals surface area (Å²) in [5, 5.41) is 3.16. The van der Waals surface area contributed by atoms with E-state index in [1.165, 1.54) is 30.9 Å². The first kappa shape index (κ1) is 12.3. The lowest BCUT2D eigenvalue weighted by atomic mass is 10.2. The molecule has 0 fully saturated rings. The summed E-state index contributed by atoms with van der Waals surface area (Å²) in [6.45, 7) is 0.910. The lowest BCUT2D eigenvalue weighted by Crippen LogP contribution is -2.03. The van der Waals surface area contributed by atoms with Crippen molar-refractivity contribution < 1.29 is 4.39 Å². The molecular weight excluding hydrogens is 211 g/mol. The van der Waals surface area contributed by atoms with Crippen LogP contribution in [0.4, 0.5) is 10.2 Å². The number of hydrogen-bond acceptors (Lipinski definition) is 3. The Hall–Kier alpha value is -0.770. The van der Waals surface area contributed by atoms with Crippen molar-refractivity contribution in [3.8, 4) is 0 Å². The number of hydrogen-bond donors (Lipinski definition) is 1. The molecule has 15 heavy (non-hydrogen) atoms. The van der Waals surface area contributed by atoms with Crippen molar-refractivity contribution in [1.29, 1.82) is 0 Å². The van der Waals surface area contributed by atoms with E-state index in [-0.39, 0.29) is 5.82 Å². The highest BCUT2D eigenvalue weighted by atomic mass is 32.2. The third-order valence-corrected chi connectivity index (χ3v) is 2.76. The number of nitrogens with one attached hydrogen (secondary N) is 1. The predicted octanol–water partition coefficient (Wildman–Crippen LogP) is 3.17. The maximum Gasteiger partial charge on any atom is 0.141 e. The second kappa shape index (κ2) is 7.51. The van der Waals surface area contributed by atoms with E-state index in [1.54, 1.807) is 6.07 Å². The largest absolute Gasteiger partial charge is 0.370 e. The van der Waals surface area contributed by atoms with Crippen LogP contribution in [0.2, 0.25) is 0 Å². The highest BCUT2D eigenvalue weighted by molar-refractivity contribution is 7.98. The topological polar surface area (TPSA) is 24.9 Å². The molecule has 1 rings (SSSR count). The molecule has 0 bridgehead atoms. The monoisotopic (exact) mass is 228 g/mol. The Morgan fingerprint density at radius 1 is 1.33 bits per heavy atom. The Labute approximate surface area is 94.7 Å². The maximum atomic E-state index is 12.5. The minimum atomic E-state index is -0.291. The molecule has 0 aliphatic carbocycles. The minimum Gasteiger partial charge on any atom is -0.370 e. The maximum absolute atomic E-state index is 12.5. The number of unbranched alkanes of at least 4 members (excludes halogenated alkanes) is 2. The van der Waals surface area contributed by atoms with E-state index in [0.29, 0.717) is 0 Å². The minimum absolute atomic E-state index is 0.291. The first-order valence-electron chi connectivity index (χ1n) is 5.17. The van der Waals surface area contributed by atoms with E-state index >= 15 is 0 Å². The van der Waals surface area contributed by atoms with Crippen LogP contribution < -0.4 is 5.32 Å². The van der Waals surface area contributed by atoms with Gasteiger partial charge < -0.3 is 5.32 Å². The van der Waals surface area contributed by atoms with Gasteiger partial charge in [-0.3, -0.25) is 0 Å². The van der Waals surface area contributed by atoms with Gasteiger partial charge in [0.15, 0.2) is 0 Å². The molecule has 0 aliphatic heterocycles. The van der Waals surface area contributed by atoms with Crippen molar-refractivity contribution >= 4 is 17.6 Å². The van der Waals surface area contributed by atoms with Gasteiger partial charge in [0.1, 0.15) is 11.6 Å². The van der Waals surface area contributed by atoms with E-state index in [2.05, 4.69) is 16.6 Å². The second-order valence-electron chi connectivity index (χ2n) is 3.34.